The number of hydrogen-bond acceptors (Lipinski definition) is 2. The summed E-state index contributed by atoms with van der Waals surface area (Å²) in [7, 11) is 0. The van der Waals surface area contributed by atoms with E-state index in [0.717, 1.165) is 11.3 Å². The molecule has 1 unspecified atom stereocenters. The quantitative estimate of drug-likeness (QED) is 0.813. The lowest BCUT2D eigenvalue weighted by Gasteiger charge is -2.07. The third-order valence-electron chi connectivity index (χ3n) is 1.93. The molecule has 14 heavy (non-hydrogen) atoms. The summed E-state index contributed by atoms with van der Waals surface area (Å²) in [6.07, 6.45) is 0. The van der Waals surface area contributed by atoms with Gasteiger partial charge >= 0.3 is 0 Å². The Kier molecular flexibility index (Phi) is 4.98. The van der Waals surface area contributed by atoms with Gasteiger partial charge < -0.3 is 5.11 Å². The second-order valence-corrected chi connectivity index (χ2v) is 4.42. The molecular formula is C11H15FOS. The van der Waals surface area contributed by atoms with Crippen LogP contribution >= 0.6 is 11.8 Å². The smallest absolute Gasteiger partial charge is 0.127 e. The van der Waals surface area contributed by atoms with Crippen LogP contribution in [0, 0.1) is 11.7 Å². The number of halogens is 1. The molecular weight excluding hydrogens is 199 g/mol. The Bertz CT molecular complexity index is 278. The van der Waals surface area contributed by atoms with Gasteiger partial charge in [-0.05, 0) is 23.3 Å². The predicted octanol–water partition coefficient (Wildman–Crippen LogP) is 2.69. The van der Waals surface area contributed by atoms with Crippen LogP contribution < -0.4 is 0 Å². The van der Waals surface area contributed by atoms with Crippen molar-refractivity contribution in [1.29, 1.82) is 0 Å². The van der Waals surface area contributed by atoms with Gasteiger partial charge in [-0.2, -0.15) is 11.8 Å². The van der Waals surface area contributed by atoms with Gasteiger partial charge in [-0.25, -0.2) is 4.39 Å². The fourth-order valence-corrected chi connectivity index (χ4v) is 2.12. The highest BCUT2D eigenvalue weighted by Gasteiger charge is 2.03. The summed E-state index contributed by atoms with van der Waals surface area (Å²) in [5, 5.41) is 8.80. The third-order valence-corrected chi connectivity index (χ3v) is 3.25. The van der Waals surface area contributed by atoms with E-state index in [1.165, 1.54) is 6.07 Å². The van der Waals surface area contributed by atoms with Crippen molar-refractivity contribution in [3.63, 3.8) is 0 Å². The van der Waals surface area contributed by atoms with Crippen LogP contribution in [0.1, 0.15) is 12.5 Å². The molecule has 1 aromatic rings. The Labute approximate surface area is 88.3 Å². The maximum Gasteiger partial charge on any atom is 0.127 e. The van der Waals surface area contributed by atoms with Crippen LogP contribution in [-0.4, -0.2) is 17.5 Å². The molecule has 0 fully saturated rings. The van der Waals surface area contributed by atoms with Crippen LogP contribution in [-0.2, 0) is 5.75 Å². The third kappa shape index (κ3) is 3.68. The zero-order chi connectivity index (χ0) is 10.4. The predicted molar refractivity (Wildman–Crippen MR) is 58.8 cm³/mol. The van der Waals surface area contributed by atoms with Crippen LogP contribution in [0.2, 0.25) is 0 Å². The first kappa shape index (κ1) is 11.5. The van der Waals surface area contributed by atoms with E-state index >= 15 is 0 Å². The second kappa shape index (κ2) is 6.04. The van der Waals surface area contributed by atoms with Gasteiger partial charge in [0.25, 0.3) is 0 Å². The van der Waals surface area contributed by atoms with E-state index < -0.39 is 0 Å². The zero-order valence-corrected chi connectivity index (χ0v) is 9.06. The minimum atomic E-state index is -0.142. The summed E-state index contributed by atoms with van der Waals surface area (Å²) in [6, 6.07) is 6.81. The lowest BCUT2D eigenvalue weighted by molar-refractivity contribution is 0.250. The summed E-state index contributed by atoms with van der Waals surface area (Å²) in [5.74, 6) is 1.69. The molecule has 0 radical (unpaired) electrons. The Morgan fingerprint density at radius 2 is 2.14 bits per heavy atom. The van der Waals surface area contributed by atoms with E-state index in [-0.39, 0.29) is 18.3 Å². The highest BCUT2D eigenvalue weighted by molar-refractivity contribution is 7.98. The van der Waals surface area contributed by atoms with E-state index in [2.05, 4.69) is 0 Å². The van der Waals surface area contributed by atoms with E-state index in [1.807, 2.05) is 13.0 Å². The molecule has 1 nitrogen and oxygen atoms in total. The molecule has 3 heteroatoms. The Morgan fingerprint density at radius 3 is 2.79 bits per heavy atom. The van der Waals surface area contributed by atoms with Crippen LogP contribution in [0.25, 0.3) is 0 Å². The minimum Gasteiger partial charge on any atom is -0.396 e. The average molecular weight is 214 g/mol. The van der Waals surface area contributed by atoms with E-state index in [9.17, 15) is 4.39 Å². The van der Waals surface area contributed by atoms with Gasteiger partial charge in [-0.15, -0.1) is 0 Å². The molecule has 0 aliphatic rings. The SMILES string of the molecule is CC(CO)CSCc1ccccc1F. The molecule has 0 saturated carbocycles. The monoisotopic (exact) mass is 214 g/mol. The lowest BCUT2D eigenvalue weighted by atomic mass is 10.2. The van der Waals surface area contributed by atoms with Crippen LogP contribution in [0.3, 0.4) is 0 Å². The van der Waals surface area contributed by atoms with Gasteiger partial charge in [0, 0.05) is 12.4 Å². The molecule has 0 aliphatic heterocycles. The van der Waals surface area contributed by atoms with Gasteiger partial charge in [-0.1, -0.05) is 25.1 Å². The van der Waals surface area contributed by atoms with Crippen molar-refractivity contribution in [3.8, 4) is 0 Å². The van der Waals surface area contributed by atoms with Crippen molar-refractivity contribution in [2.24, 2.45) is 5.92 Å². The molecule has 0 heterocycles. The second-order valence-electron chi connectivity index (χ2n) is 3.39. The molecule has 1 aromatic carbocycles. The summed E-state index contributed by atoms with van der Waals surface area (Å²) in [4.78, 5) is 0. The summed E-state index contributed by atoms with van der Waals surface area (Å²) in [6.45, 7) is 2.18. The molecule has 0 spiro atoms. The Morgan fingerprint density at radius 1 is 1.43 bits per heavy atom. The van der Waals surface area contributed by atoms with Crippen molar-refractivity contribution in [2.75, 3.05) is 12.4 Å². The minimum absolute atomic E-state index is 0.142. The molecule has 0 aliphatic carbocycles. The number of aliphatic hydroxyl groups excluding tert-OH is 1. The van der Waals surface area contributed by atoms with E-state index in [1.54, 1.807) is 23.9 Å². The van der Waals surface area contributed by atoms with Gasteiger partial charge in [-0.3, -0.25) is 0 Å². The van der Waals surface area contributed by atoms with Crippen molar-refractivity contribution in [3.05, 3.63) is 35.6 Å². The van der Waals surface area contributed by atoms with Crippen LogP contribution in [0.15, 0.2) is 24.3 Å². The van der Waals surface area contributed by atoms with Crippen LogP contribution in [0.5, 0.6) is 0 Å². The molecule has 0 aromatic heterocycles. The molecule has 0 amide bonds. The first-order valence-corrected chi connectivity index (χ1v) is 5.81. The van der Waals surface area contributed by atoms with E-state index in [4.69, 9.17) is 5.11 Å². The highest BCUT2D eigenvalue weighted by Crippen LogP contribution is 2.17. The maximum atomic E-state index is 13.1. The Hall–Kier alpha value is -0.540. The zero-order valence-electron chi connectivity index (χ0n) is 8.24. The summed E-state index contributed by atoms with van der Waals surface area (Å²) < 4.78 is 13.1. The fourth-order valence-electron chi connectivity index (χ4n) is 1.04. The fraction of sp³-hybridized carbons (Fsp3) is 0.455. The molecule has 0 bridgehead atoms. The molecule has 1 rings (SSSR count). The molecule has 1 N–H and O–H groups in total. The highest BCUT2D eigenvalue weighted by atomic mass is 32.2. The number of thioether (sulfide) groups is 1. The number of rotatable bonds is 5. The summed E-state index contributed by atoms with van der Waals surface area (Å²) in [5.41, 5.74) is 0.739. The lowest BCUT2D eigenvalue weighted by Crippen LogP contribution is -2.03. The van der Waals surface area contributed by atoms with Crippen LogP contribution in [0.4, 0.5) is 4.39 Å². The van der Waals surface area contributed by atoms with Gasteiger partial charge in [0.15, 0.2) is 0 Å². The average Bonchev–Trinajstić information content (AvgIpc) is 2.20. The normalized spacial score (nSPS) is 12.8. The first-order chi connectivity index (χ1) is 6.74. The van der Waals surface area contributed by atoms with Crippen molar-refractivity contribution in [1.82, 2.24) is 0 Å². The van der Waals surface area contributed by atoms with E-state index in [0.29, 0.717) is 5.75 Å². The summed E-state index contributed by atoms with van der Waals surface area (Å²) >= 11 is 1.65. The van der Waals surface area contributed by atoms with Crippen molar-refractivity contribution < 1.29 is 9.50 Å². The van der Waals surface area contributed by atoms with Gasteiger partial charge in [0.05, 0.1) is 0 Å². The topological polar surface area (TPSA) is 20.2 Å². The number of benzene rings is 1. The maximum absolute atomic E-state index is 13.1. The standard InChI is InChI=1S/C11H15FOS/c1-9(6-13)7-14-8-10-4-2-3-5-11(10)12/h2-5,9,13H,6-8H2,1H3. The molecule has 78 valence electrons. The Balaban J connectivity index is 2.35. The van der Waals surface area contributed by atoms with Gasteiger partial charge in [0.1, 0.15) is 5.82 Å². The molecule has 0 saturated heterocycles. The van der Waals surface area contributed by atoms with Crippen molar-refractivity contribution in [2.45, 2.75) is 12.7 Å². The first-order valence-electron chi connectivity index (χ1n) is 4.66. The molecule has 1 atom stereocenters. The van der Waals surface area contributed by atoms with Crippen molar-refractivity contribution >= 4 is 11.8 Å². The van der Waals surface area contributed by atoms with Gasteiger partial charge in [0.2, 0.25) is 0 Å². The largest absolute Gasteiger partial charge is 0.396 e. The number of aliphatic hydroxyl groups is 1. The number of hydrogen-bond donors (Lipinski definition) is 1.